The first-order valence-corrected chi connectivity index (χ1v) is 10.6. The van der Waals surface area contributed by atoms with Crippen molar-refractivity contribution in [3.8, 4) is 16.9 Å². The molecule has 7 heteroatoms. The third-order valence-electron chi connectivity index (χ3n) is 5.66. The first kappa shape index (κ1) is 22.1. The number of nitrogens with one attached hydrogen (secondary N) is 3. The van der Waals surface area contributed by atoms with Crippen molar-refractivity contribution in [2.75, 3.05) is 13.6 Å². The number of halogens is 1. The molecule has 0 aliphatic rings. The topological polar surface area (TPSA) is 94.2 Å². The van der Waals surface area contributed by atoms with Crippen LogP contribution in [0.3, 0.4) is 0 Å². The fourth-order valence-corrected chi connectivity index (χ4v) is 3.95. The van der Waals surface area contributed by atoms with Crippen LogP contribution in [0, 0.1) is 12.7 Å². The van der Waals surface area contributed by atoms with E-state index in [9.17, 15) is 19.1 Å². The summed E-state index contributed by atoms with van der Waals surface area (Å²) in [6.07, 6.45) is 0.491. The van der Waals surface area contributed by atoms with Crippen LogP contribution in [-0.4, -0.2) is 35.5 Å². The van der Waals surface area contributed by atoms with Crippen molar-refractivity contribution in [3.05, 3.63) is 88.9 Å². The molecule has 0 unspecified atom stereocenters. The summed E-state index contributed by atoms with van der Waals surface area (Å²) in [6.45, 7) is 2.20. The van der Waals surface area contributed by atoms with E-state index in [1.165, 1.54) is 6.07 Å². The molecule has 0 aliphatic heterocycles. The molecule has 0 fully saturated rings. The van der Waals surface area contributed by atoms with Crippen LogP contribution in [-0.2, 0) is 6.42 Å². The molecule has 0 spiro atoms. The fraction of sp³-hybridized carbons (Fsp3) is 0.154. The van der Waals surface area contributed by atoms with E-state index in [2.05, 4.69) is 15.6 Å². The van der Waals surface area contributed by atoms with Gasteiger partial charge in [0.2, 0.25) is 0 Å². The average Bonchev–Trinajstić information content (AvgIpc) is 3.14. The van der Waals surface area contributed by atoms with Gasteiger partial charge in [-0.25, -0.2) is 4.39 Å². The smallest absolute Gasteiger partial charge is 0.251 e. The van der Waals surface area contributed by atoms with Gasteiger partial charge in [-0.3, -0.25) is 9.59 Å². The third-order valence-corrected chi connectivity index (χ3v) is 5.66. The Morgan fingerprint density at radius 2 is 1.73 bits per heavy atom. The quantitative estimate of drug-likeness (QED) is 0.356. The number of aromatic hydroxyl groups is 1. The van der Waals surface area contributed by atoms with Crippen molar-refractivity contribution < 1.29 is 19.1 Å². The molecule has 0 radical (unpaired) electrons. The molecule has 2 amide bonds. The van der Waals surface area contributed by atoms with Crippen LogP contribution >= 0.6 is 0 Å². The first-order valence-electron chi connectivity index (χ1n) is 10.6. The molecule has 6 nitrogen and oxygen atoms in total. The van der Waals surface area contributed by atoms with Crippen LogP contribution in [0.1, 0.15) is 32.0 Å². The Morgan fingerprint density at radius 1 is 0.970 bits per heavy atom. The number of hydrogen-bond acceptors (Lipinski definition) is 3. The highest BCUT2D eigenvalue weighted by Crippen LogP contribution is 2.28. The van der Waals surface area contributed by atoms with Gasteiger partial charge in [0.1, 0.15) is 5.75 Å². The third kappa shape index (κ3) is 4.57. The molecule has 1 aromatic heterocycles. The summed E-state index contributed by atoms with van der Waals surface area (Å²) in [6, 6.07) is 17.0. The van der Waals surface area contributed by atoms with Gasteiger partial charge < -0.3 is 20.7 Å². The molecule has 0 bridgehead atoms. The van der Waals surface area contributed by atoms with Gasteiger partial charge in [0.25, 0.3) is 11.8 Å². The van der Waals surface area contributed by atoms with Gasteiger partial charge in [0.15, 0.2) is 5.82 Å². The van der Waals surface area contributed by atoms with Crippen LogP contribution in [0.25, 0.3) is 22.0 Å². The minimum atomic E-state index is -0.510. The van der Waals surface area contributed by atoms with Gasteiger partial charge in [0, 0.05) is 41.9 Å². The van der Waals surface area contributed by atoms with Crippen molar-refractivity contribution in [1.29, 1.82) is 0 Å². The number of phenolic OH excluding ortho intramolecular Hbond substituents is 1. The summed E-state index contributed by atoms with van der Waals surface area (Å²) in [5, 5.41) is 15.8. The number of phenols is 1. The molecule has 0 atom stereocenters. The fourth-order valence-electron chi connectivity index (χ4n) is 3.95. The van der Waals surface area contributed by atoms with E-state index < -0.39 is 5.82 Å². The molecular formula is C26H24FN3O3. The number of H-pyrrole nitrogens is 1. The maximum absolute atomic E-state index is 14.1. The monoisotopic (exact) mass is 445 g/mol. The highest BCUT2D eigenvalue weighted by molar-refractivity contribution is 5.96. The number of aryl methyl sites for hydroxylation is 1. The Kier molecular flexibility index (Phi) is 6.13. The van der Waals surface area contributed by atoms with Gasteiger partial charge in [-0.05, 0) is 60.4 Å². The van der Waals surface area contributed by atoms with E-state index >= 15 is 0 Å². The molecule has 0 saturated heterocycles. The summed E-state index contributed by atoms with van der Waals surface area (Å²) < 4.78 is 14.1. The number of carbonyl (C=O) groups is 2. The van der Waals surface area contributed by atoms with Gasteiger partial charge in [0.05, 0.1) is 5.52 Å². The van der Waals surface area contributed by atoms with Gasteiger partial charge in [-0.15, -0.1) is 0 Å². The molecule has 4 N–H and O–H groups in total. The second kappa shape index (κ2) is 9.16. The minimum Gasteiger partial charge on any atom is -0.508 e. The van der Waals surface area contributed by atoms with Crippen LogP contribution in [0.4, 0.5) is 4.39 Å². The zero-order chi connectivity index (χ0) is 23.5. The molecule has 4 rings (SSSR count). The minimum absolute atomic E-state index is 0.134. The van der Waals surface area contributed by atoms with Crippen LogP contribution in [0.2, 0.25) is 0 Å². The summed E-state index contributed by atoms with van der Waals surface area (Å²) in [7, 11) is 1.59. The molecule has 168 valence electrons. The second-order valence-corrected chi connectivity index (χ2v) is 7.82. The largest absolute Gasteiger partial charge is 0.508 e. The van der Waals surface area contributed by atoms with Crippen molar-refractivity contribution in [2.24, 2.45) is 0 Å². The van der Waals surface area contributed by atoms with E-state index in [1.807, 2.05) is 31.2 Å². The molecular weight excluding hydrogens is 421 g/mol. The Bertz CT molecular complexity index is 1340. The number of amides is 2. The Morgan fingerprint density at radius 3 is 2.45 bits per heavy atom. The summed E-state index contributed by atoms with van der Waals surface area (Å²) in [5.41, 5.74) is 4.86. The standard InChI is InChI=1S/C26H24FN3O3/c1-15-21(22-13-20(31)14-23(27)24(22)30-15)10-11-29-26(33)17-8-6-16(7-9-17)18-4-3-5-19(12-18)25(32)28-2/h3-9,12-14,30-31H,10-11H2,1-2H3,(H,28,32)(H,29,33). The van der Waals surface area contributed by atoms with Crippen molar-refractivity contribution in [3.63, 3.8) is 0 Å². The number of carbonyl (C=O) groups excluding carboxylic acids is 2. The maximum atomic E-state index is 14.1. The van der Waals surface area contributed by atoms with E-state index in [-0.39, 0.29) is 17.6 Å². The Hall–Kier alpha value is -4.13. The summed E-state index contributed by atoms with van der Waals surface area (Å²) in [4.78, 5) is 27.4. The van der Waals surface area contributed by atoms with Crippen LogP contribution < -0.4 is 10.6 Å². The second-order valence-electron chi connectivity index (χ2n) is 7.82. The van der Waals surface area contributed by atoms with E-state index in [1.54, 1.807) is 31.3 Å². The number of fused-ring (bicyclic) bond motifs is 1. The first-order chi connectivity index (χ1) is 15.9. The lowest BCUT2D eigenvalue weighted by atomic mass is 10.0. The van der Waals surface area contributed by atoms with Crippen LogP contribution in [0.5, 0.6) is 5.75 Å². The predicted octanol–water partition coefficient (Wildman–Crippen LogP) is 4.32. The van der Waals surface area contributed by atoms with Crippen molar-refractivity contribution in [2.45, 2.75) is 13.3 Å². The highest BCUT2D eigenvalue weighted by atomic mass is 19.1. The van der Waals surface area contributed by atoms with Gasteiger partial charge >= 0.3 is 0 Å². The maximum Gasteiger partial charge on any atom is 0.251 e. The lowest BCUT2D eigenvalue weighted by Gasteiger charge is -2.08. The Balaban J connectivity index is 1.43. The zero-order valence-electron chi connectivity index (χ0n) is 18.3. The Labute approximate surface area is 190 Å². The lowest BCUT2D eigenvalue weighted by Crippen LogP contribution is -2.25. The summed E-state index contributed by atoms with van der Waals surface area (Å²) in [5.74, 6) is -1.02. The lowest BCUT2D eigenvalue weighted by molar-refractivity contribution is 0.0949. The molecule has 3 aromatic carbocycles. The molecule has 4 aromatic rings. The zero-order valence-corrected chi connectivity index (χ0v) is 18.3. The SMILES string of the molecule is CNC(=O)c1cccc(-c2ccc(C(=O)NCCc3c(C)[nH]c4c(F)cc(O)cc34)cc2)c1. The molecule has 0 aliphatic carbocycles. The molecule has 0 saturated carbocycles. The number of benzene rings is 3. The molecule has 33 heavy (non-hydrogen) atoms. The average molecular weight is 445 g/mol. The number of aromatic amines is 1. The normalized spacial score (nSPS) is 10.9. The van der Waals surface area contributed by atoms with Crippen molar-refractivity contribution >= 4 is 22.7 Å². The van der Waals surface area contributed by atoms with Crippen molar-refractivity contribution in [1.82, 2.24) is 15.6 Å². The van der Waals surface area contributed by atoms with E-state index in [0.717, 1.165) is 28.5 Å². The molecule has 1 heterocycles. The number of rotatable bonds is 6. The van der Waals surface area contributed by atoms with Crippen LogP contribution in [0.15, 0.2) is 60.7 Å². The number of hydrogen-bond donors (Lipinski definition) is 4. The number of aromatic nitrogens is 1. The highest BCUT2D eigenvalue weighted by Gasteiger charge is 2.14. The van der Waals surface area contributed by atoms with Gasteiger partial charge in [-0.2, -0.15) is 0 Å². The summed E-state index contributed by atoms with van der Waals surface area (Å²) >= 11 is 0. The van der Waals surface area contributed by atoms with Gasteiger partial charge in [-0.1, -0.05) is 24.3 Å². The van der Waals surface area contributed by atoms with E-state index in [0.29, 0.717) is 35.0 Å². The van der Waals surface area contributed by atoms with E-state index in [4.69, 9.17) is 0 Å². The predicted molar refractivity (Wildman–Crippen MR) is 126 cm³/mol.